The number of carbonyl (C=O) groups is 2. The predicted molar refractivity (Wildman–Crippen MR) is 77.7 cm³/mol. The Balaban J connectivity index is 1.88. The number of hydrogen-bond acceptors (Lipinski definition) is 5. The number of aromatic nitrogens is 2. The standard InChI is InChI=1S/C15H12N4O3/c20-10-19-13(14-16-8-11(9-17-14)15(21)22)6-7-18(19)12-4-2-1-3-5-12/h1-10,13H,(H,21,22). The zero-order chi connectivity index (χ0) is 15.5. The van der Waals surface area contributed by atoms with Gasteiger partial charge >= 0.3 is 5.97 Å². The van der Waals surface area contributed by atoms with Gasteiger partial charge in [0.25, 0.3) is 0 Å². The fourth-order valence-electron chi connectivity index (χ4n) is 2.18. The molecule has 22 heavy (non-hydrogen) atoms. The molecule has 0 aliphatic carbocycles. The zero-order valence-corrected chi connectivity index (χ0v) is 11.4. The summed E-state index contributed by atoms with van der Waals surface area (Å²) in [7, 11) is 0. The van der Waals surface area contributed by atoms with Crippen LogP contribution < -0.4 is 5.01 Å². The first-order valence-electron chi connectivity index (χ1n) is 6.52. The van der Waals surface area contributed by atoms with Crippen LogP contribution in [-0.2, 0) is 4.79 Å². The number of benzene rings is 1. The lowest BCUT2D eigenvalue weighted by molar-refractivity contribution is -0.119. The first-order chi connectivity index (χ1) is 10.7. The monoisotopic (exact) mass is 296 g/mol. The molecule has 0 bridgehead atoms. The molecule has 1 aromatic carbocycles. The van der Waals surface area contributed by atoms with E-state index in [2.05, 4.69) is 9.97 Å². The van der Waals surface area contributed by atoms with Gasteiger partial charge in [0.2, 0.25) is 6.41 Å². The molecular weight excluding hydrogens is 284 g/mol. The normalized spacial score (nSPS) is 16.8. The van der Waals surface area contributed by atoms with Crippen molar-refractivity contribution in [3.05, 3.63) is 66.4 Å². The molecule has 3 rings (SSSR count). The number of anilines is 1. The Bertz CT molecular complexity index is 715. The molecule has 1 unspecified atom stereocenters. The average Bonchev–Trinajstić information content (AvgIpc) is 2.99. The third-order valence-electron chi connectivity index (χ3n) is 3.26. The number of amides is 1. The van der Waals surface area contributed by atoms with Crippen LogP contribution in [0.2, 0.25) is 0 Å². The van der Waals surface area contributed by atoms with E-state index in [4.69, 9.17) is 5.11 Å². The highest BCUT2D eigenvalue weighted by atomic mass is 16.4. The minimum Gasteiger partial charge on any atom is -0.478 e. The van der Waals surface area contributed by atoms with Gasteiger partial charge in [0.15, 0.2) is 5.82 Å². The molecule has 1 aromatic heterocycles. The molecule has 1 aliphatic heterocycles. The van der Waals surface area contributed by atoms with E-state index in [9.17, 15) is 9.59 Å². The molecule has 7 heteroatoms. The van der Waals surface area contributed by atoms with E-state index < -0.39 is 12.0 Å². The maximum atomic E-state index is 11.4. The van der Waals surface area contributed by atoms with E-state index in [1.807, 2.05) is 30.3 Å². The Morgan fingerprint density at radius 1 is 1.18 bits per heavy atom. The van der Waals surface area contributed by atoms with Gasteiger partial charge in [-0.05, 0) is 18.2 Å². The fourth-order valence-corrected chi connectivity index (χ4v) is 2.18. The molecule has 2 heterocycles. The topological polar surface area (TPSA) is 86.6 Å². The van der Waals surface area contributed by atoms with Crippen molar-refractivity contribution in [1.82, 2.24) is 15.0 Å². The molecule has 0 saturated heterocycles. The lowest BCUT2D eigenvalue weighted by Crippen LogP contribution is -2.36. The Labute approximate surface area is 126 Å². The smallest absolute Gasteiger partial charge is 0.338 e. The van der Waals surface area contributed by atoms with Crippen molar-refractivity contribution in [3.8, 4) is 0 Å². The lowest BCUT2D eigenvalue weighted by Gasteiger charge is -2.29. The van der Waals surface area contributed by atoms with Gasteiger partial charge in [-0.2, -0.15) is 0 Å². The summed E-state index contributed by atoms with van der Waals surface area (Å²) in [5.41, 5.74) is 0.832. The van der Waals surface area contributed by atoms with Crippen molar-refractivity contribution in [3.63, 3.8) is 0 Å². The number of para-hydroxylation sites is 1. The number of carboxylic acids is 1. The minimum absolute atomic E-state index is 0.00305. The summed E-state index contributed by atoms with van der Waals surface area (Å²) in [5, 5.41) is 12.0. The maximum Gasteiger partial charge on any atom is 0.338 e. The van der Waals surface area contributed by atoms with Crippen molar-refractivity contribution in [1.29, 1.82) is 0 Å². The highest BCUT2D eigenvalue weighted by Gasteiger charge is 2.29. The number of carboxylic acid groups (broad SMARTS) is 1. The second-order valence-corrected chi connectivity index (χ2v) is 4.59. The van der Waals surface area contributed by atoms with Crippen molar-refractivity contribution in [2.45, 2.75) is 6.04 Å². The first-order valence-corrected chi connectivity index (χ1v) is 6.52. The van der Waals surface area contributed by atoms with Crippen LogP contribution in [0.1, 0.15) is 22.2 Å². The Morgan fingerprint density at radius 3 is 2.45 bits per heavy atom. The van der Waals surface area contributed by atoms with Crippen LogP contribution in [0.25, 0.3) is 0 Å². The SMILES string of the molecule is O=CN1C(c2ncc(C(=O)O)cn2)C=CN1c1ccccc1. The Morgan fingerprint density at radius 2 is 1.86 bits per heavy atom. The second kappa shape index (κ2) is 5.65. The predicted octanol–water partition coefficient (Wildman–Crippen LogP) is 1.62. The first kappa shape index (κ1) is 13.7. The van der Waals surface area contributed by atoms with Crippen molar-refractivity contribution in [2.75, 3.05) is 5.01 Å². The summed E-state index contributed by atoms with van der Waals surface area (Å²) in [6, 6.07) is 8.91. The number of rotatable bonds is 4. The molecule has 1 amide bonds. The summed E-state index contributed by atoms with van der Waals surface area (Å²) in [4.78, 5) is 30.3. The molecule has 110 valence electrons. The van der Waals surface area contributed by atoms with E-state index >= 15 is 0 Å². The molecule has 0 radical (unpaired) electrons. The van der Waals surface area contributed by atoms with Crippen LogP contribution in [0, 0.1) is 0 Å². The van der Waals surface area contributed by atoms with Gasteiger partial charge in [0.1, 0.15) is 6.04 Å². The number of hydrazine groups is 1. The van der Waals surface area contributed by atoms with E-state index in [0.717, 1.165) is 5.69 Å². The average molecular weight is 296 g/mol. The van der Waals surface area contributed by atoms with Crippen LogP contribution >= 0.6 is 0 Å². The van der Waals surface area contributed by atoms with Crippen LogP contribution in [0.15, 0.2) is 55.0 Å². The molecule has 0 fully saturated rings. The van der Waals surface area contributed by atoms with Gasteiger partial charge in [-0.25, -0.2) is 19.8 Å². The van der Waals surface area contributed by atoms with Gasteiger partial charge in [-0.3, -0.25) is 9.80 Å². The van der Waals surface area contributed by atoms with E-state index in [-0.39, 0.29) is 5.56 Å². The van der Waals surface area contributed by atoms with Gasteiger partial charge in [-0.15, -0.1) is 0 Å². The highest BCUT2D eigenvalue weighted by Crippen LogP contribution is 2.30. The van der Waals surface area contributed by atoms with Gasteiger partial charge in [-0.1, -0.05) is 18.2 Å². The number of nitrogens with zero attached hydrogens (tertiary/aromatic N) is 4. The minimum atomic E-state index is -1.09. The van der Waals surface area contributed by atoms with Crippen molar-refractivity contribution < 1.29 is 14.7 Å². The Hall–Kier alpha value is -3.22. The summed E-state index contributed by atoms with van der Waals surface area (Å²) >= 11 is 0. The molecule has 1 atom stereocenters. The summed E-state index contributed by atoms with van der Waals surface area (Å²) in [6.07, 6.45) is 6.67. The van der Waals surface area contributed by atoms with Crippen LogP contribution in [0.5, 0.6) is 0 Å². The van der Waals surface area contributed by atoms with E-state index in [1.54, 1.807) is 17.3 Å². The quantitative estimate of drug-likeness (QED) is 0.863. The van der Waals surface area contributed by atoms with Gasteiger partial charge in [0.05, 0.1) is 11.3 Å². The number of hydrogen-bond donors (Lipinski definition) is 1. The second-order valence-electron chi connectivity index (χ2n) is 4.59. The summed E-state index contributed by atoms with van der Waals surface area (Å²) < 4.78 is 0. The van der Waals surface area contributed by atoms with Crippen LogP contribution in [0.3, 0.4) is 0 Å². The summed E-state index contributed by atoms with van der Waals surface area (Å²) in [5.74, 6) is -0.738. The molecule has 1 aliphatic rings. The molecule has 7 nitrogen and oxygen atoms in total. The van der Waals surface area contributed by atoms with Crippen molar-refractivity contribution in [2.24, 2.45) is 0 Å². The van der Waals surface area contributed by atoms with E-state index in [1.165, 1.54) is 17.4 Å². The largest absolute Gasteiger partial charge is 0.478 e. The van der Waals surface area contributed by atoms with Gasteiger partial charge < -0.3 is 5.11 Å². The van der Waals surface area contributed by atoms with Crippen molar-refractivity contribution >= 4 is 18.1 Å². The summed E-state index contributed by atoms with van der Waals surface area (Å²) in [6.45, 7) is 0. The number of carbonyl (C=O) groups excluding carboxylic acids is 1. The maximum absolute atomic E-state index is 11.4. The van der Waals surface area contributed by atoms with E-state index in [0.29, 0.717) is 12.2 Å². The zero-order valence-electron chi connectivity index (χ0n) is 11.4. The Kier molecular flexibility index (Phi) is 3.53. The van der Waals surface area contributed by atoms with Crippen LogP contribution in [-0.4, -0.2) is 32.5 Å². The molecule has 2 aromatic rings. The highest BCUT2D eigenvalue weighted by molar-refractivity contribution is 5.86. The molecule has 0 spiro atoms. The third-order valence-corrected chi connectivity index (χ3v) is 3.26. The number of aromatic carboxylic acids is 1. The van der Waals surface area contributed by atoms with Crippen LogP contribution in [0.4, 0.5) is 5.69 Å². The molecule has 1 N–H and O–H groups in total. The molecule has 0 saturated carbocycles. The molecular formula is C15H12N4O3. The van der Waals surface area contributed by atoms with Gasteiger partial charge in [0, 0.05) is 18.6 Å². The third kappa shape index (κ3) is 2.39. The lowest BCUT2D eigenvalue weighted by atomic mass is 10.2. The fraction of sp³-hybridized carbons (Fsp3) is 0.0667.